The number of hydrogen-bond donors (Lipinski definition) is 0. The Kier molecular flexibility index (Phi) is 3.28. The van der Waals surface area contributed by atoms with Gasteiger partial charge >= 0.3 is 0 Å². The van der Waals surface area contributed by atoms with Crippen molar-refractivity contribution in [3.8, 4) is 22.4 Å². The summed E-state index contributed by atoms with van der Waals surface area (Å²) in [6.07, 6.45) is 7.42. The fraction of sp³-hybridized carbons (Fsp3) is 0.0455. The van der Waals surface area contributed by atoms with Crippen LogP contribution in [0.15, 0.2) is 79.4 Å². The molecule has 0 unspecified atom stereocenters. The van der Waals surface area contributed by atoms with E-state index < -0.39 is 0 Å². The lowest BCUT2D eigenvalue weighted by Crippen LogP contribution is -1.97. The highest BCUT2D eigenvalue weighted by Gasteiger charge is 2.14. The standard InChI is InChI=1S/C22H16N4/c1-15-9-11-23-13-20(15)19-10-12-25-26-21(14-24-22(19)26)18-8-4-6-16-5-2-3-7-17(16)18/h2-14H,1H3. The molecule has 0 bridgehead atoms. The van der Waals surface area contributed by atoms with Crippen molar-refractivity contribution in [3.05, 3.63) is 84.9 Å². The highest BCUT2D eigenvalue weighted by atomic mass is 15.3. The second-order valence-corrected chi connectivity index (χ2v) is 6.34. The molecule has 124 valence electrons. The molecule has 0 aliphatic heterocycles. The molecule has 26 heavy (non-hydrogen) atoms. The van der Waals surface area contributed by atoms with Gasteiger partial charge in [-0.05, 0) is 35.4 Å². The summed E-state index contributed by atoms with van der Waals surface area (Å²) in [5.74, 6) is 0. The summed E-state index contributed by atoms with van der Waals surface area (Å²) in [5.41, 5.74) is 6.24. The van der Waals surface area contributed by atoms with Crippen molar-refractivity contribution in [1.82, 2.24) is 19.6 Å². The number of imidazole rings is 1. The highest BCUT2D eigenvalue weighted by Crippen LogP contribution is 2.31. The molecule has 0 amide bonds. The first-order valence-electron chi connectivity index (χ1n) is 8.55. The Hall–Kier alpha value is -3.53. The SMILES string of the molecule is Cc1ccncc1-c1ccnn2c(-c3cccc4ccccc34)cnc12. The average molecular weight is 336 g/mol. The van der Waals surface area contributed by atoms with Crippen LogP contribution in [0.4, 0.5) is 0 Å². The summed E-state index contributed by atoms with van der Waals surface area (Å²) >= 11 is 0. The molecule has 4 heteroatoms. The number of hydrogen-bond acceptors (Lipinski definition) is 3. The van der Waals surface area contributed by atoms with Crippen molar-refractivity contribution in [2.24, 2.45) is 0 Å². The van der Waals surface area contributed by atoms with E-state index in [0.717, 1.165) is 28.0 Å². The number of aromatic nitrogens is 4. The molecule has 0 saturated carbocycles. The van der Waals surface area contributed by atoms with Crippen molar-refractivity contribution >= 4 is 16.4 Å². The summed E-state index contributed by atoms with van der Waals surface area (Å²) in [6, 6.07) is 18.7. The van der Waals surface area contributed by atoms with Crippen LogP contribution >= 0.6 is 0 Å². The predicted octanol–water partition coefficient (Wildman–Crippen LogP) is 4.92. The van der Waals surface area contributed by atoms with Crippen molar-refractivity contribution in [2.75, 3.05) is 0 Å². The zero-order valence-electron chi connectivity index (χ0n) is 14.3. The van der Waals surface area contributed by atoms with Gasteiger partial charge in [-0.1, -0.05) is 42.5 Å². The van der Waals surface area contributed by atoms with Gasteiger partial charge in [0, 0.05) is 35.3 Å². The summed E-state index contributed by atoms with van der Waals surface area (Å²) < 4.78 is 1.92. The second-order valence-electron chi connectivity index (χ2n) is 6.34. The zero-order valence-corrected chi connectivity index (χ0v) is 14.3. The lowest BCUT2D eigenvalue weighted by molar-refractivity contribution is 0.944. The second kappa shape index (κ2) is 5.77. The van der Waals surface area contributed by atoms with E-state index in [1.54, 1.807) is 0 Å². The van der Waals surface area contributed by atoms with E-state index in [1.165, 1.54) is 16.3 Å². The Bertz CT molecular complexity index is 1250. The predicted molar refractivity (Wildman–Crippen MR) is 104 cm³/mol. The number of aryl methyl sites for hydroxylation is 1. The summed E-state index contributed by atoms with van der Waals surface area (Å²) in [6.45, 7) is 2.09. The van der Waals surface area contributed by atoms with Crippen LogP contribution < -0.4 is 0 Å². The van der Waals surface area contributed by atoms with E-state index in [-0.39, 0.29) is 0 Å². The van der Waals surface area contributed by atoms with E-state index >= 15 is 0 Å². The maximum absolute atomic E-state index is 4.69. The number of fused-ring (bicyclic) bond motifs is 2. The lowest BCUT2D eigenvalue weighted by Gasteiger charge is -2.08. The van der Waals surface area contributed by atoms with E-state index in [9.17, 15) is 0 Å². The van der Waals surface area contributed by atoms with Crippen LogP contribution in [0, 0.1) is 6.92 Å². The molecule has 0 aliphatic carbocycles. The van der Waals surface area contributed by atoms with Gasteiger partial charge in [0.25, 0.3) is 0 Å². The molecular formula is C22H16N4. The monoisotopic (exact) mass is 336 g/mol. The quantitative estimate of drug-likeness (QED) is 0.459. The summed E-state index contributed by atoms with van der Waals surface area (Å²) in [5, 5.41) is 6.98. The number of benzene rings is 2. The van der Waals surface area contributed by atoms with Gasteiger partial charge in [-0.2, -0.15) is 5.10 Å². The summed E-state index contributed by atoms with van der Waals surface area (Å²) in [4.78, 5) is 8.97. The molecule has 0 fully saturated rings. The Morgan fingerprint density at radius 3 is 2.58 bits per heavy atom. The average Bonchev–Trinajstić information content (AvgIpc) is 3.12. The molecule has 0 N–H and O–H groups in total. The summed E-state index contributed by atoms with van der Waals surface area (Å²) in [7, 11) is 0. The Morgan fingerprint density at radius 1 is 0.769 bits per heavy atom. The molecule has 0 saturated heterocycles. The van der Waals surface area contributed by atoms with Crippen LogP contribution in [-0.4, -0.2) is 19.6 Å². The largest absolute Gasteiger partial charge is 0.264 e. The van der Waals surface area contributed by atoms with Crippen molar-refractivity contribution in [2.45, 2.75) is 6.92 Å². The van der Waals surface area contributed by atoms with Gasteiger partial charge in [-0.15, -0.1) is 0 Å². The molecule has 0 aliphatic rings. The molecular weight excluding hydrogens is 320 g/mol. The maximum Gasteiger partial charge on any atom is 0.162 e. The van der Waals surface area contributed by atoms with Gasteiger partial charge in [0.15, 0.2) is 5.65 Å². The van der Waals surface area contributed by atoms with Crippen molar-refractivity contribution in [1.29, 1.82) is 0 Å². The van der Waals surface area contributed by atoms with E-state index in [0.29, 0.717) is 0 Å². The van der Waals surface area contributed by atoms with Crippen LogP contribution in [0.5, 0.6) is 0 Å². The van der Waals surface area contributed by atoms with Gasteiger partial charge in [-0.3, -0.25) is 4.98 Å². The van der Waals surface area contributed by atoms with Gasteiger partial charge in [0.2, 0.25) is 0 Å². The Balaban J connectivity index is 1.79. The fourth-order valence-corrected chi connectivity index (χ4v) is 3.48. The van der Waals surface area contributed by atoms with E-state index in [2.05, 4.69) is 59.5 Å². The fourth-order valence-electron chi connectivity index (χ4n) is 3.48. The highest BCUT2D eigenvalue weighted by molar-refractivity contribution is 5.96. The Labute approximate surface area is 150 Å². The lowest BCUT2D eigenvalue weighted by atomic mass is 10.0. The first kappa shape index (κ1) is 14.8. The minimum Gasteiger partial charge on any atom is -0.264 e. The van der Waals surface area contributed by atoms with Gasteiger partial charge in [-0.25, -0.2) is 9.50 Å². The first-order chi connectivity index (χ1) is 12.8. The number of pyridine rings is 1. The molecule has 3 heterocycles. The molecule has 2 aromatic carbocycles. The van der Waals surface area contributed by atoms with Crippen LogP contribution in [0.3, 0.4) is 0 Å². The minimum atomic E-state index is 0.839. The maximum atomic E-state index is 4.69. The molecule has 0 radical (unpaired) electrons. The van der Waals surface area contributed by atoms with E-state index in [1.807, 2.05) is 41.4 Å². The molecule has 5 aromatic rings. The third-order valence-corrected chi connectivity index (χ3v) is 4.80. The Morgan fingerprint density at radius 2 is 1.65 bits per heavy atom. The minimum absolute atomic E-state index is 0.839. The van der Waals surface area contributed by atoms with Crippen molar-refractivity contribution in [3.63, 3.8) is 0 Å². The van der Waals surface area contributed by atoms with Crippen LogP contribution in [0.2, 0.25) is 0 Å². The zero-order chi connectivity index (χ0) is 17.5. The van der Waals surface area contributed by atoms with Crippen LogP contribution in [-0.2, 0) is 0 Å². The number of rotatable bonds is 2. The molecule has 3 aromatic heterocycles. The molecule has 0 spiro atoms. The normalized spacial score (nSPS) is 11.3. The first-order valence-corrected chi connectivity index (χ1v) is 8.55. The van der Waals surface area contributed by atoms with Crippen molar-refractivity contribution < 1.29 is 0 Å². The number of nitrogens with zero attached hydrogens (tertiary/aromatic N) is 4. The van der Waals surface area contributed by atoms with Gasteiger partial charge in [0.1, 0.15) is 0 Å². The third-order valence-electron chi connectivity index (χ3n) is 4.80. The van der Waals surface area contributed by atoms with Crippen LogP contribution in [0.25, 0.3) is 38.8 Å². The third kappa shape index (κ3) is 2.19. The van der Waals surface area contributed by atoms with Gasteiger partial charge in [0.05, 0.1) is 11.9 Å². The molecule has 0 atom stereocenters. The topological polar surface area (TPSA) is 43.1 Å². The smallest absolute Gasteiger partial charge is 0.162 e. The van der Waals surface area contributed by atoms with Gasteiger partial charge < -0.3 is 0 Å². The van der Waals surface area contributed by atoms with E-state index in [4.69, 9.17) is 4.98 Å². The molecule has 5 rings (SSSR count). The van der Waals surface area contributed by atoms with Crippen LogP contribution in [0.1, 0.15) is 5.56 Å². The molecule has 4 nitrogen and oxygen atoms in total.